The molecule has 1 heterocycles. The number of rotatable bonds is 7. The summed E-state index contributed by atoms with van der Waals surface area (Å²) in [5, 5.41) is 11.4. The van der Waals surface area contributed by atoms with Crippen LogP contribution in [0.5, 0.6) is 0 Å². The summed E-state index contributed by atoms with van der Waals surface area (Å²) in [6.07, 6.45) is -7.57. The lowest BCUT2D eigenvalue weighted by Gasteiger charge is -2.23. The molecule has 0 atom stereocenters. The Labute approximate surface area is 117 Å². The molecule has 0 spiro atoms. The number of hydrogen-bond donors (Lipinski definition) is 2. The highest BCUT2D eigenvalue weighted by atomic mass is 19.4. The molecule has 0 unspecified atom stereocenters. The minimum absolute atomic E-state index is 0.118. The zero-order valence-corrected chi connectivity index (χ0v) is 11.2. The van der Waals surface area contributed by atoms with E-state index in [0.29, 0.717) is 6.54 Å². The van der Waals surface area contributed by atoms with Crippen LogP contribution in [-0.4, -0.2) is 47.7 Å². The van der Waals surface area contributed by atoms with E-state index in [0.717, 1.165) is 11.0 Å². The predicted molar refractivity (Wildman–Crippen MR) is 66.5 cm³/mol. The summed E-state index contributed by atoms with van der Waals surface area (Å²) in [6, 6.07) is 1.14. The van der Waals surface area contributed by atoms with Gasteiger partial charge in [0.15, 0.2) is 0 Å². The number of halogens is 5. The van der Waals surface area contributed by atoms with Gasteiger partial charge in [-0.25, -0.2) is 18.7 Å². The minimum atomic E-state index is -4.80. The van der Waals surface area contributed by atoms with Gasteiger partial charge in [-0.05, 0) is 6.92 Å². The molecule has 1 rings (SSSR count). The molecule has 0 aliphatic rings. The van der Waals surface area contributed by atoms with Gasteiger partial charge in [-0.1, -0.05) is 0 Å². The van der Waals surface area contributed by atoms with Crippen LogP contribution >= 0.6 is 0 Å². The Morgan fingerprint density at radius 2 is 2.00 bits per heavy atom. The average molecular weight is 314 g/mol. The van der Waals surface area contributed by atoms with Crippen molar-refractivity contribution < 1.29 is 27.1 Å². The Morgan fingerprint density at radius 3 is 2.48 bits per heavy atom. The van der Waals surface area contributed by atoms with Crippen molar-refractivity contribution in [2.24, 2.45) is 0 Å². The lowest BCUT2D eigenvalue weighted by molar-refractivity contribution is -0.144. The number of aliphatic hydroxyl groups is 1. The number of aliphatic hydroxyl groups excluding tert-OH is 1. The van der Waals surface area contributed by atoms with E-state index in [-0.39, 0.29) is 18.2 Å². The largest absolute Gasteiger partial charge is 0.451 e. The van der Waals surface area contributed by atoms with Crippen molar-refractivity contribution in [1.29, 1.82) is 0 Å². The van der Waals surface area contributed by atoms with E-state index >= 15 is 0 Å². The van der Waals surface area contributed by atoms with Crippen LogP contribution in [0.3, 0.4) is 0 Å². The summed E-state index contributed by atoms with van der Waals surface area (Å²) in [6.45, 7) is 0.377. The van der Waals surface area contributed by atoms with E-state index in [9.17, 15) is 22.0 Å². The highest BCUT2D eigenvalue weighted by molar-refractivity contribution is 5.49. The maximum Gasteiger partial charge on any atom is 0.451 e. The second kappa shape index (κ2) is 7.34. The maximum absolute atomic E-state index is 12.7. The molecule has 0 aliphatic carbocycles. The molecule has 21 heavy (non-hydrogen) atoms. The number of hydrogen-bond acceptors (Lipinski definition) is 5. The standard InChI is InChI=1S/C11H15F5N4O/c1-2-17-8-5-9(19-10(18-8)11(14,15)16)20(3-4-21)6-7(12)13/h5,7,21H,2-4,6H2,1H3,(H,17,18,19). The first-order valence-corrected chi connectivity index (χ1v) is 6.12. The molecule has 120 valence electrons. The number of nitrogens with zero attached hydrogens (tertiary/aromatic N) is 3. The van der Waals surface area contributed by atoms with E-state index in [1.165, 1.54) is 0 Å². The molecule has 0 bridgehead atoms. The van der Waals surface area contributed by atoms with Crippen molar-refractivity contribution in [2.45, 2.75) is 19.5 Å². The molecule has 0 saturated heterocycles. The average Bonchev–Trinajstić information content (AvgIpc) is 2.37. The predicted octanol–water partition coefficient (Wildman–Crippen LogP) is 1.99. The highest BCUT2D eigenvalue weighted by Gasteiger charge is 2.36. The Kier molecular flexibility index (Phi) is 6.06. The fraction of sp³-hybridized carbons (Fsp3) is 0.636. The molecule has 0 radical (unpaired) electrons. The molecular weight excluding hydrogens is 299 g/mol. The van der Waals surface area contributed by atoms with E-state index in [2.05, 4.69) is 15.3 Å². The van der Waals surface area contributed by atoms with Gasteiger partial charge in [0.25, 0.3) is 6.43 Å². The molecule has 1 aromatic rings. The second-order valence-electron chi connectivity index (χ2n) is 4.02. The third-order valence-corrected chi connectivity index (χ3v) is 2.38. The van der Waals surface area contributed by atoms with E-state index in [4.69, 9.17) is 5.11 Å². The summed E-state index contributed by atoms with van der Waals surface area (Å²) in [4.78, 5) is 7.43. The van der Waals surface area contributed by atoms with E-state index in [1.807, 2.05) is 0 Å². The molecule has 2 N–H and O–H groups in total. The summed E-state index contributed by atoms with van der Waals surface area (Å²) in [5.74, 6) is -1.86. The number of aromatic nitrogens is 2. The third kappa shape index (κ3) is 5.29. The molecule has 0 aromatic carbocycles. The second-order valence-corrected chi connectivity index (χ2v) is 4.02. The topological polar surface area (TPSA) is 61.3 Å². The van der Waals surface area contributed by atoms with Crippen molar-refractivity contribution in [3.8, 4) is 0 Å². The summed E-state index contributed by atoms with van der Waals surface area (Å²) in [5.41, 5.74) is 0. The Morgan fingerprint density at radius 1 is 1.33 bits per heavy atom. The van der Waals surface area contributed by atoms with E-state index in [1.54, 1.807) is 6.92 Å². The Bertz CT molecular complexity index is 455. The Balaban J connectivity index is 3.20. The van der Waals surface area contributed by atoms with Crippen molar-refractivity contribution in [3.05, 3.63) is 11.9 Å². The maximum atomic E-state index is 12.7. The molecule has 0 fully saturated rings. The van der Waals surface area contributed by atoms with Gasteiger partial charge in [-0.15, -0.1) is 0 Å². The summed E-state index contributed by atoms with van der Waals surface area (Å²) in [7, 11) is 0. The van der Waals surface area contributed by atoms with E-state index < -0.39 is 31.6 Å². The van der Waals surface area contributed by atoms with Crippen LogP contribution in [0.4, 0.5) is 33.6 Å². The minimum Gasteiger partial charge on any atom is -0.395 e. The van der Waals surface area contributed by atoms with Gasteiger partial charge < -0.3 is 15.3 Å². The summed E-state index contributed by atoms with van der Waals surface area (Å²) >= 11 is 0. The monoisotopic (exact) mass is 314 g/mol. The Hall–Kier alpha value is -1.71. The first-order valence-electron chi connectivity index (χ1n) is 6.12. The van der Waals surface area contributed by atoms with Crippen molar-refractivity contribution in [2.75, 3.05) is 36.5 Å². The van der Waals surface area contributed by atoms with Crippen LogP contribution in [0, 0.1) is 0 Å². The van der Waals surface area contributed by atoms with Crippen LogP contribution in [0.15, 0.2) is 6.07 Å². The lowest BCUT2D eigenvalue weighted by Crippen LogP contribution is -2.33. The van der Waals surface area contributed by atoms with Gasteiger partial charge in [0.1, 0.15) is 11.6 Å². The number of nitrogens with one attached hydrogen (secondary N) is 1. The number of anilines is 2. The van der Waals surface area contributed by atoms with Crippen LogP contribution in [0.25, 0.3) is 0 Å². The highest BCUT2D eigenvalue weighted by Crippen LogP contribution is 2.29. The van der Waals surface area contributed by atoms with Gasteiger partial charge in [0, 0.05) is 19.2 Å². The smallest absolute Gasteiger partial charge is 0.395 e. The lowest BCUT2D eigenvalue weighted by atomic mass is 10.4. The van der Waals surface area contributed by atoms with Crippen molar-refractivity contribution in [3.63, 3.8) is 0 Å². The number of alkyl halides is 5. The quantitative estimate of drug-likeness (QED) is 0.754. The first-order chi connectivity index (χ1) is 9.77. The van der Waals surface area contributed by atoms with Crippen LogP contribution < -0.4 is 10.2 Å². The van der Waals surface area contributed by atoms with Crippen molar-refractivity contribution >= 4 is 11.6 Å². The SMILES string of the molecule is CCNc1cc(N(CCO)CC(F)F)nc(C(F)(F)F)n1. The van der Waals surface area contributed by atoms with Gasteiger partial charge in [-0.2, -0.15) is 13.2 Å². The van der Waals surface area contributed by atoms with Crippen LogP contribution in [-0.2, 0) is 6.18 Å². The summed E-state index contributed by atoms with van der Waals surface area (Å²) < 4.78 is 63.1. The molecule has 1 aromatic heterocycles. The first kappa shape index (κ1) is 17.3. The molecule has 0 saturated carbocycles. The fourth-order valence-corrected chi connectivity index (χ4v) is 1.58. The van der Waals surface area contributed by atoms with Gasteiger partial charge >= 0.3 is 6.18 Å². The molecule has 10 heteroatoms. The normalized spacial score (nSPS) is 11.8. The third-order valence-electron chi connectivity index (χ3n) is 2.38. The zero-order valence-electron chi connectivity index (χ0n) is 11.2. The van der Waals surface area contributed by atoms with Gasteiger partial charge in [0.2, 0.25) is 5.82 Å². The van der Waals surface area contributed by atoms with Crippen LogP contribution in [0.1, 0.15) is 12.7 Å². The van der Waals surface area contributed by atoms with Crippen molar-refractivity contribution in [1.82, 2.24) is 9.97 Å². The van der Waals surface area contributed by atoms with Gasteiger partial charge in [0.05, 0.1) is 13.2 Å². The zero-order chi connectivity index (χ0) is 16.0. The molecule has 0 amide bonds. The molecular formula is C11H15F5N4O. The molecule has 5 nitrogen and oxygen atoms in total. The van der Waals surface area contributed by atoms with Gasteiger partial charge in [-0.3, -0.25) is 0 Å². The molecule has 0 aliphatic heterocycles. The fourth-order valence-electron chi connectivity index (χ4n) is 1.58. The van der Waals surface area contributed by atoms with Crippen LogP contribution in [0.2, 0.25) is 0 Å².